The molecule has 0 fully saturated rings. The van der Waals surface area contributed by atoms with Gasteiger partial charge in [-0.3, -0.25) is 14.4 Å². The first-order valence-corrected chi connectivity index (χ1v) is 11.8. The molecule has 0 aromatic rings. The lowest BCUT2D eigenvalue weighted by atomic mass is 10.3. The smallest absolute Gasteiger partial charge is 0.334 e. The Morgan fingerprint density at radius 1 is 0.902 bits per heavy atom. The molecule has 4 unspecified atom stereocenters. The van der Waals surface area contributed by atoms with Gasteiger partial charge in [0.15, 0.2) is 23.9 Å². The van der Waals surface area contributed by atoms with E-state index in [1.54, 1.807) is 13.8 Å². The van der Waals surface area contributed by atoms with E-state index in [4.69, 9.17) is 40.4 Å². The van der Waals surface area contributed by atoms with Crippen LogP contribution >= 0.6 is 0 Å². The number of methoxy groups -OCH3 is 3. The second kappa shape index (κ2) is 25.1. The normalized spacial score (nSPS) is 17.3. The van der Waals surface area contributed by atoms with E-state index in [1.807, 2.05) is 0 Å². The number of esters is 3. The molecule has 0 bridgehead atoms. The van der Waals surface area contributed by atoms with Gasteiger partial charge in [-0.2, -0.15) is 0 Å². The maximum Gasteiger partial charge on any atom is 0.334 e. The summed E-state index contributed by atoms with van der Waals surface area (Å²) >= 11 is 0. The van der Waals surface area contributed by atoms with Crippen molar-refractivity contribution in [2.75, 3.05) is 54.4 Å². The van der Waals surface area contributed by atoms with Gasteiger partial charge in [0.2, 0.25) is 5.91 Å². The third-order valence-electron chi connectivity index (χ3n) is 4.07. The quantitative estimate of drug-likeness (QED) is 0.126. The molecular weight excluding hydrogens is 556 g/mol. The number of nitrogens with zero attached hydrogens (tertiary/aromatic N) is 2. The first-order valence-electron chi connectivity index (χ1n) is 11.8. The number of amides is 1. The van der Waals surface area contributed by atoms with E-state index >= 15 is 0 Å². The summed E-state index contributed by atoms with van der Waals surface area (Å²) < 4.78 is 22.8. The monoisotopic (exact) mass is 598 g/mol. The Morgan fingerprint density at radius 2 is 1.39 bits per heavy atom. The summed E-state index contributed by atoms with van der Waals surface area (Å²) in [5.74, 6) is -1.55. The molecule has 1 amide bonds. The number of rotatable bonds is 7. The highest BCUT2D eigenvalue weighted by molar-refractivity contribution is 5.84. The van der Waals surface area contributed by atoms with Crippen molar-refractivity contribution in [3.63, 3.8) is 0 Å². The second-order valence-corrected chi connectivity index (χ2v) is 7.58. The molecule has 41 heavy (non-hydrogen) atoms. The first kappa shape index (κ1) is 41.6. The van der Waals surface area contributed by atoms with E-state index in [-0.39, 0.29) is 31.1 Å². The Bertz CT molecular complexity index is 861. The molecule has 0 radical (unpaired) electrons. The number of carboxylic acid groups (broad SMARTS) is 1. The van der Waals surface area contributed by atoms with Crippen molar-refractivity contribution in [1.29, 1.82) is 0 Å². The molecular formula is C23H42N4O14. The number of aliphatic carboxylic acids is 1. The fraction of sp³-hybridized carbons (Fsp3) is 0.696. The van der Waals surface area contributed by atoms with Gasteiger partial charge in [-0.05, 0) is 0 Å². The molecule has 0 aliphatic carbocycles. The van der Waals surface area contributed by atoms with Crippen LogP contribution in [0, 0.1) is 0 Å². The molecule has 0 aromatic carbocycles. The van der Waals surface area contributed by atoms with Gasteiger partial charge in [-0.25, -0.2) is 19.6 Å². The molecule has 0 saturated carbocycles. The highest BCUT2D eigenvalue weighted by Gasteiger charge is 2.24. The lowest BCUT2D eigenvalue weighted by Crippen LogP contribution is -2.42. The van der Waals surface area contributed by atoms with Crippen LogP contribution in [0.1, 0.15) is 27.7 Å². The van der Waals surface area contributed by atoms with E-state index < -0.39 is 42.6 Å². The van der Waals surface area contributed by atoms with Crippen LogP contribution in [0.4, 0.5) is 0 Å². The number of aliphatic imine (C=N–C) groups is 2. The van der Waals surface area contributed by atoms with Crippen LogP contribution in [-0.2, 0) is 47.7 Å². The Hall–Kier alpha value is -3.87. The average molecular weight is 599 g/mol. The highest BCUT2D eigenvalue weighted by atomic mass is 16.5. The van der Waals surface area contributed by atoms with Gasteiger partial charge < -0.3 is 55.2 Å². The third kappa shape index (κ3) is 23.7. The number of ether oxygens (including phenoxy) is 5. The van der Waals surface area contributed by atoms with Gasteiger partial charge in [0.1, 0.15) is 25.3 Å². The van der Waals surface area contributed by atoms with Crippen LogP contribution in [0.5, 0.6) is 0 Å². The summed E-state index contributed by atoms with van der Waals surface area (Å²) in [6.45, 7) is 5.97. The molecule has 2 heterocycles. The lowest BCUT2D eigenvalue weighted by molar-refractivity contribution is -0.146. The molecule has 7 N–H and O–H groups in total. The van der Waals surface area contributed by atoms with Crippen molar-refractivity contribution < 1.29 is 68.1 Å². The topological polar surface area (TPSA) is 275 Å². The Morgan fingerprint density at radius 3 is 1.63 bits per heavy atom. The van der Waals surface area contributed by atoms with Gasteiger partial charge in [0, 0.05) is 27.7 Å². The summed E-state index contributed by atoms with van der Waals surface area (Å²) in [6.07, 6.45) is 0. The number of carboxylic acids is 1. The molecule has 2 rings (SSSR count). The minimum Gasteiger partial charge on any atom is -0.481 e. The molecule has 18 nitrogen and oxygen atoms in total. The van der Waals surface area contributed by atoms with Gasteiger partial charge in [-0.15, -0.1) is 0 Å². The van der Waals surface area contributed by atoms with Crippen molar-refractivity contribution >= 4 is 41.6 Å². The molecule has 0 aromatic heterocycles. The second-order valence-electron chi connectivity index (χ2n) is 7.58. The minimum absolute atomic E-state index is 0.00463. The zero-order valence-corrected chi connectivity index (χ0v) is 24.2. The zero-order chi connectivity index (χ0) is 32.5. The molecule has 0 spiro atoms. The Balaban J connectivity index is -0.000000453. The molecule has 4 atom stereocenters. The molecule has 238 valence electrons. The number of carbonyl (C=O) groups excluding carboxylic acids is 4. The SMILES string of the molecule is CC(=O)O.CC1=NC(CO)CO1.COC(=O)C(CO)NC(C)=O.COC(=O)C(N)CO.COC(=O)C1COC(C)=N1. The Labute approximate surface area is 237 Å². The lowest BCUT2D eigenvalue weighted by Gasteiger charge is -2.11. The van der Waals surface area contributed by atoms with Crippen LogP contribution in [0.15, 0.2) is 9.98 Å². The molecule has 2 aliphatic rings. The van der Waals surface area contributed by atoms with E-state index in [1.165, 1.54) is 28.3 Å². The van der Waals surface area contributed by atoms with Gasteiger partial charge in [0.25, 0.3) is 5.97 Å². The largest absolute Gasteiger partial charge is 0.481 e. The number of carbonyl (C=O) groups is 5. The van der Waals surface area contributed by atoms with E-state index in [9.17, 15) is 19.2 Å². The number of nitrogens with two attached hydrogens (primary N) is 1. The number of nitrogens with one attached hydrogen (secondary N) is 1. The van der Waals surface area contributed by atoms with Crippen molar-refractivity contribution in [2.45, 2.75) is 51.9 Å². The summed E-state index contributed by atoms with van der Waals surface area (Å²) in [4.78, 5) is 58.9. The van der Waals surface area contributed by atoms with E-state index in [0.29, 0.717) is 25.0 Å². The Kier molecular flexibility index (Phi) is 25.5. The van der Waals surface area contributed by atoms with Crippen LogP contribution in [0.2, 0.25) is 0 Å². The maximum atomic E-state index is 10.8. The zero-order valence-electron chi connectivity index (χ0n) is 24.2. The maximum absolute atomic E-state index is 10.8. The number of hydrogen-bond acceptors (Lipinski definition) is 16. The fourth-order valence-electron chi connectivity index (χ4n) is 2.18. The van der Waals surface area contributed by atoms with Gasteiger partial charge in [0.05, 0.1) is 41.2 Å². The summed E-state index contributed by atoms with van der Waals surface area (Å²) in [7, 11) is 3.75. The van der Waals surface area contributed by atoms with E-state index in [0.717, 1.165) is 6.92 Å². The van der Waals surface area contributed by atoms with Crippen LogP contribution in [-0.4, -0.2) is 141 Å². The van der Waals surface area contributed by atoms with E-state index in [2.05, 4.69) is 29.5 Å². The predicted octanol–water partition coefficient (Wildman–Crippen LogP) is -3.00. The summed E-state index contributed by atoms with van der Waals surface area (Å²) in [5.41, 5.74) is 5.00. The van der Waals surface area contributed by atoms with Crippen LogP contribution < -0.4 is 11.1 Å². The minimum atomic E-state index is -0.947. The number of aliphatic hydroxyl groups excluding tert-OH is 3. The fourth-order valence-corrected chi connectivity index (χ4v) is 2.18. The van der Waals surface area contributed by atoms with Crippen LogP contribution in [0.3, 0.4) is 0 Å². The van der Waals surface area contributed by atoms with Crippen LogP contribution in [0.25, 0.3) is 0 Å². The predicted molar refractivity (Wildman–Crippen MR) is 142 cm³/mol. The van der Waals surface area contributed by atoms with Crippen molar-refractivity contribution in [2.24, 2.45) is 15.7 Å². The van der Waals surface area contributed by atoms with Gasteiger partial charge >= 0.3 is 17.9 Å². The number of aliphatic hydroxyl groups is 3. The third-order valence-corrected chi connectivity index (χ3v) is 4.07. The molecule has 18 heteroatoms. The average Bonchev–Trinajstić information content (AvgIpc) is 3.58. The van der Waals surface area contributed by atoms with Crippen molar-refractivity contribution in [3.8, 4) is 0 Å². The van der Waals surface area contributed by atoms with Crippen molar-refractivity contribution in [1.82, 2.24) is 5.32 Å². The molecule has 0 saturated heterocycles. The summed E-state index contributed by atoms with van der Waals surface area (Å²) in [6, 6.07) is -2.28. The van der Waals surface area contributed by atoms with Gasteiger partial charge in [-0.1, -0.05) is 0 Å². The summed E-state index contributed by atoms with van der Waals surface area (Å²) in [5, 5.41) is 34.9. The number of hydrogen-bond donors (Lipinski definition) is 6. The highest BCUT2D eigenvalue weighted by Crippen LogP contribution is 2.04. The van der Waals surface area contributed by atoms with Crippen molar-refractivity contribution in [3.05, 3.63) is 0 Å². The first-order chi connectivity index (χ1) is 19.1. The standard InChI is InChI=1S/C6H11NO4.C6H9NO3.C5H9NO2.C4H9NO3.C2H4O2/c1-4(9)7-5(3-8)6(10)11-2;1-4-7-5(3-10-4)6(8)9-2;1-4-6-5(2-7)3-8-4;1-8-4(7)3(5)2-6;1-2(3)4/h5,8H,3H2,1-2H3,(H,7,9);5H,3H2,1-2H3;5,7H,2-3H2,1H3;3,6H,2,5H2,1H3;1H3,(H,3,4). The molecule has 2 aliphatic heterocycles.